The number of likely N-dealkylation sites (tertiary alicyclic amines) is 1. The Kier molecular flexibility index (Phi) is 7.06. The summed E-state index contributed by atoms with van der Waals surface area (Å²) in [4.78, 5) is 14.0. The van der Waals surface area contributed by atoms with Gasteiger partial charge in [-0.2, -0.15) is 0 Å². The van der Waals surface area contributed by atoms with Crippen LogP contribution in [0.4, 0.5) is 0 Å². The fourth-order valence-electron chi connectivity index (χ4n) is 3.09. The molecule has 5 heteroatoms. The van der Waals surface area contributed by atoms with Gasteiger partial charge in [0.15, 0.2) is 0 Å². The molecule has 0 aliphatic carbocycles. The van der Waals surface area contributed by atoms with Gasteiger partial charge < -0.3 is 14.6 Å². The largest absolute Gasteiger partial charge is 0.491 e. The van der Waals surface area contributed by atoms with Crippen molar-refractivity contribution in [1.82, 2.24) is 4.90 Å². The van der Waals surface area contributed by atoms with Crippen LogP contribution in [0.2, 0.25) is 0 Å². The molecule has 1 heterocycles. The summed E-state index contributed by atoms with van der Waals surface area (Å²) >= 11 is 0. The van der Waals surface area contributed by atoms with Crippen molar-refractivity contribution in [3.8, 4) is 5.75 Å². The van der Waals surface area contributed by atoms with Crippen LogP contribution in [0.1, 0.15) is 30.9 Å². The van der Waals surface area contributed by atoms with E-state index in [1.165, 1.54) is 5.56 Å². The summed E-state index contributed by atoms with van der Waals surface area (Å²) in [6.07, 6.45) is 1.24. The molecule has 0 aromatic heterocycles. The lowest BCUT2D eigenvalue weighted by Crippen LogP contribution is -2.44. The summed E-state index contributed by atoms with van der Waals surface area (Å²) in [5.74, 6) is 0.617. The number of aliphatic hydroxyl groups is 1. The van der Waals surface area contributed by atoms with Gasteiger partial charge in [0.05, 0.1) is 12.5 Å². The monoisotopic (exact) mass is 335 g/mol. The van der Waals surface area contributed by atoms with Crippen LogP contribution in [-0.2, 0) is 9.53 Å². The fourth-order valence-corrected chi connectivity index (χ4v) is 3.09. The third-order valence-corrected chi connectivity index (χ3v) is 4.58. The Bertz CT molecular complexity index is 546. The first-order chi connectivity index (χ1) is 11.5. The van der Waals surface area contributed by atoms with Crippen molar-refractivity contribution in [2.24, 2.45) is 5.92 Å². The molecule has 134 valence electrons. The maximum Gasteiger partial charge on any atom is 0.310 e. The number of piperidine rings is 1. The van der Waals surface area contributed by atoms with Crippen molar-refractivity contribution >= 4 is 5.97 Å². The summed E-state index contributed by atoms with van der Waals surface area (Å²) < 4.78 is 10.9. The summed E-state index contributed by atoms with van der Waals surface area (Å²) in [7, 11) is 0. The number of carbonyl (C=O) groups excluding carboxylic acids is 1. The lowest BCUT2D eigenvalue weighted by molar-refractivity contribution is -0.150. The Hall–Kier alpha value is -1.59. The minimum atomic E-state index is -0.578. The molecule has 1 fully saturated rings. The number of β-amino-alcohol motifs (C(OH)–C–C–N with tert-alkyl or cyclic N) is 1. The van der Waals surface area contributed by atoms with Gasteiger partial charge in [0.2, 0.25) is 0 Å². The molecule has 0 radical (unpaired) electrons. The van der Waals surface area contributed by atoms with Gasteiger partial charge >= 0.3 is 5.97 Å². The maximum absolute atomic E-state index is 11.9. The van der Waals surface area contributed by atoms with E-state index in [1.54, 1.807) is 0 Å². The van der Waals surface area contributed by atoms with Crippen LogP contribution in [0.3, 0.4) is 0 Å². The van der Waals surface area contributed by atoms with Crippen LogP contribution < -0.4 is 4.74 Å². The Morgan fingerprint density at radius 3 is 2.96 bits per heavy atom. The van der Waals surface area contributed by atoms with Crippen molar-refractivity contribution in [2.75, 3.05) is 32.8 Å². The average molecular weight is 335 g/mol. The highest BCUT2D eigenvalue weighted by Gasteiger charge is 2.27. The molecule has 2 atom stereocenters. The topological polar surface area (TPSA) is 59.0 Å². The van der Waals surface area contributed by atoms with Gasteiger partial charge in [0.1, 0.15) is 18.5 Å². The molecule has 2 unspecified atom stereocenters. The first-order valence-electron chi connectivity index (χ1n) is 8.77. The number of aliphatic hydroxyl groups excluding tert-OH is 1. The van der Waals surface area contributed by atoms with Crippen LogP contribution in [0.25, 0.3) is 0 Å². The third kappa shape index (κ3) is 5.21. The van der Waals surface area contributed by atoms with E-state index >= 15 is 0 Å². The fraction of sp³-hybridized carbons (Fsp3) is 0.632. The van der Waals surface area contributed by atoms with Crippen molar-refractivity contribution < 1.29 is 19.4 Å². The SMILES string of the molecule is CCOC(=O)C1CCCN(CC(O)COc2cccc(C)c2C)C1. The number of hydrogen-bond acceptors (Lipinski definition) is 5. The Morgan fingerprint density at radius 2 is 2.21 bits per heavy atom. The number of ether oxygens (including phenoxy) is 2. The normalized spacial score (nSPS) is 19.8. The molecular weight excluding hydrogens is 306 g/mol. The smallest absolute Gasteiger partial charge is 0.310 e. The van der Waals surface area contributed by atoms with E-state index in [9.17, 15) is 9.90 Å². The third-order valence-electron chi connectivity index (χ3n) is 4.58. The van der Waals surface area contributed by atoms with Gasteiger partial charge in [-0.1, -0.05) is 12.1 Å². The minimum absolute atomic E-state index is 0.0779. The quantitative estimate of drug-likeness (QED) is 0.775. The van der Waals surface area contributed by atoms with Crippen LogP contribution in [0, 0.1) is 19.8 Å². The lowest BCUT2D eigenvalue weighted by atomic mass is 9.98. The molecule has 2 rings (SSSR count). The number of benzene rings is 1. The van der Waals surface area contributed by atoms with Gasteiger partial charge in [-0.05, 0) is 57.4 Å². The molecule has 1 aliphatic heterocycles. The van der Waals surface area contributed by atoms with Crippen LogP contribution in [0.5, 0.6) is 5.75 Å². The second kappa shape index (κ2) is 9.04. The van der Waals surface area contributed by atoms with Crippen molar-refractivity contribution in [3.63, 3.8) is 0 Å². The van der Waals surface area contributed by atoms with Crippen LogP contribution in [0.15, 0.2) is 18.2 Å². The van der Waals surface area contributed by atoms with E-state index in [0.29, 0.717) is 19.7 Å². The lowest BCUT2D eigenvalue weighted by Gasteiger charge is -2.32. The Balaban J connectivity index is 1.80. The molecular formula is C19H29NO4. The molecule has 0 bridgehead atoms. The summed E-state index contributed by atoms with van der Waals surface area (Å²) in [6, 6.07) is 5.92. The zero-order valence-electron chi connectivity index (χ0n) is 15.0. The number of aryl methyl sites for hydroxylation is 1. The van der Waals surface area contributed by atoms with Crippen LogP contribution >= 0.6 is 0 Å². The minimum Gasteiger partial charge on any atom is -0.491 e. The second-order valence-corrected chi connectivity index (χ2v) is 6.51. The number of nitrogens with zero attached hydrogens (tertiary/aromatic N) is 1. The van der Waals surface area contributed by atoms with E-state index < -0.39 is 6.10 Å². The van der Waals surface area contributed by atoms with E-state index in [4.69, 9.17) is 9.47 Å². The van der Waals surface area contributed by atoms with Crippen molar-refractivity contribution in [3.05, 3.63) is 29.3 Å². The van der Waals surface area contributed by atoms with E-state index in [1.807, 2.05) is 39.0 Å². The molecule has 0 amide bonds. The molecule has 24 heavy (non-hydrogen) atoms. The molecule has 1 N–H and O–H groups in total. The first kappa shape index (κ1) is 18.7. The summed E-state index contributed by atoms with van der Waals surface area (Å²) in [5.41, 5.74) is 2.28. The highest BCUT2D eigenvalue weighted by molar-refractivity contribution is 5.72. The first-order valence-corrected chi connectivity index (χ1v) is 8.77. The van der Waals surface area contributed by atoms with Crippen LogP contribution in [-0.4, -0.2) is 54.9 Å². The highest BCUT2D eigenvalue weighted by atomic mass is 16.5. The molecule has 1 saturated heterocycles. The predicted octanol–water partition coefficient (Wildman–Crippen LogP) is 2.32. The molecule has 0 saturated carbocycles. The van der Waals surface area contributed by atoms with Gasteiger partial charge in [0, 0.05) is 13.1 Å². The predicted molar refractivity (Wildman–Crippen MR) is 93.2 cm³/mol. The van der Waals surface area contributed by atoms with Gasteiger partial charge in [-0.3, -0.25) is 9.69 Å². The number of hydrogen-bond donors (Lipinski definition) is 1. The van der Waals surface area contributed by atoms with Gasteiger partial charge in [-0.25, -0.2) is 0 Å². The van der Waals surface area contributed by atoms with E-state index in [2.05, 4.69) is 4.90 Å². The summed E-state index contributed by atoms with van der Waals surface area (Å²) in [5, 5.41) is 10.3. The number of esters is 1. The van der Waals surface area contributed by atoms with Gasteiger partial charge in [0.25, 0.3) is 0 Å². The van der Waals surface area contributed by atoms with Gasteiger partial charge in [-0.15, -0.1) is 0 Å². The van der Waals surface area contributed by atoms with E-state index in [-0.39, 0.29) is 18.5 Å². The standard InChI is InChI=1S/C19H29NO4/c1-4-23-19(22)16-8-6-10-20(11-16)12-17(21)13-24-18-9-5-7-14(2)15(18)3/h5,7,9,16-17,21H,4,6,8,10-13H2,1-3H3. The highest BCUT2D eigenvalue weighted by Crippen LogP contribution is 2.21. The molecule has 1 aromatic rings. The second-order valence-electron chi connectivity index (χ2n) is 6.51. The zero-order chi connectivity index (χ0) is 17.5. The molecule has 0 spiro atoms. The van der Waals surface area contributed by atoms with E-state index in [0.717, 1.165) is 30.7 Å². The van der Waals surface area contributed by atoms with Crippen molar-refractivity contribution in [2.45, 2.75) is 39.7 Å². The summed E-state index contributed by atoms with van der Waals surface area (Å²) in [6.45, 7) is 8.63. The molecule has 5 nitrogen and oxygen atoms in total. The molecule has 1 aliphatic rings. The number of carbonyl (C=O) groups is 1. The zero-order valence-corrected chi connectivity index (χ0v) is 15.0. The Labute approximate surface area is 144 Å². The Morgan fingerprint density at radius 1 is 1.42 bits per heavy atom. The maximum atomic E-state index is 11.9. The number of rotatable bonds is 7. The average Bonchev–Trinajstić information content (AvgIpc) is 2.56. The molecule has 1 aromatic carbocycles. The van der Waals surface area contributed by atoms with Crippen molar-refractivity contribution in [1.29, 1.82) is 0 Å².